The highest BCUT2D eigenvalue weighted by Crippen LogP contribution is 2.18. The summed E-state index contributed by atoms with van der Waals surface area (Å²) in [6.45, 7) is 1.92. The number of nitrogens with one attached hydrogen (secondary N) is 2. The summed E-state index contributed by atoms with van der Waals surface area (Å²) in [5, 5.41) is 4.85. The molecule has 1 aromatic carbocycles. The normalized spacial score (nSPS) is 10.6. The van der Waals surface area contributed by atoms with Gasteiger partial charge < -0.3 is 4.52 Å². The summed E-state index contributed by atoms with van der Waals surface area (Å²) in [6, 6.07) is 8.16. The van der Waals surface area contributed by atoms with Crippen molar-refractivity contribution in [1.29, 1.82) is 0 Å². The molecule has 0 aliphatic carbocycles. The molecule has 8 heteroatoms. The molecule has 0 radical (unpaired) electrons. The fourth-order valence-electron chi connectivity index (χ4n) is 2.16. The first-order chi connectivity index (χ1) is 11.6. The zero-order valence-corrected chi connectivity index (χ0v) is 13.4. The van der Waals surface area contributed by atoms with Gasteiger partial charge in [-0.05, 0) is 24.6 Å². The quantitative estimate of drug-likeness (QED) is 0.711. The molecule has 0 bridgehead atoms. The highest BCUT2D eigenvalue weighted by molar-refractivity contribution is 6.33. The van der Waals surface area contributed by atoms with Crippen molar-refractivity contribution in [3.05, 3.63) is 58.4 Å². The Morgan fingerprint density at radius 3 is 2.71 bits per heavy atom. The minimum absolute atomic E-state index is 0.264. The van der Waals surface area contributed by atoms with Crippen LogP contribution < -0.4 is 10.9 Å². The van der Waals surface area contributed by atoms with Gasteiger partial charge in [0.1, 0.15) is 0 Å². The molecule has 122 valence electrons. The second-order valence-electron chi connectivity index (χ2n) is 4.95. The van der Waals surface area contributed by atoms with E-state index in [1.165, 1.54) is 6.20 Å². The Hall–Kier alpha value is -2.93. The van der Waals surface area contributed by atoms with Crippen molar-refractivity contribution in [1.82, 2.24) is 21.0 Å². The van der Waals surface area contributed by atoms with Crippen LogP contribution in [0.5, 0.6) is 0 Å². The maximum absolute atomic E-state index is 12.2. The van der Waals surface area contributed by atoms with Gasteiger partial charge in [0.25, 0.3) is 17.5 Å². The van der Waals surface area contributed by atoms with Crippen molar-refractivity contribution < 1.29 is 14.1 Å². The van der Waals surface area contributed by atoms with Gasteiger partial charge in [-0.2, -0.15) is 0 Å². The molecule has 24 heavy (non-hydrogen) atoms. The lowest BCUT2D eigenvalue weighted by Crippen LogP contribution is -2.41. The highest BCUT2D eigenvalue weighted by Gasteiger charge is 2.14. The second-order valence-corrected chi connectivity index (χ2v) is 5.35. The second kappa shape index (κ2) is 6.67. The molecule has 3 aromatic rings. The van der Waals surface area contributed by atoms with Crippen molar-refractivity contribution in [2.45, 2.75) is 13.3 Å². The summed E-state index contributed by atoms with van der Waals surface area (Å²) in [7, 11) is 0. The number of carbonyl (C=O) groups excluding carboxylic acids is 2. The van der Waals surface area contributed by atoms with Gasteiger partial charge in [0.2, 0.25) is 0 Å². The van der Waals surface area contributed by atoms with Crippen LogP contribution >= 0.6 is 11.6 Å². The van der Waals surface area contributed by atoms with Gasteiger partial charge in [0.15, 0.2) is 0 Å². The van der Waals surface area contributed by atoms with Gasteiger partial charge >= 0.3 is 0 Å². The molecule has 3 rings (SSSR count). The van der Waals surface area contributed by atoms with E-state index in [1.807, 2.05) is 6.92 Å². The fraction of sp³-hybridized carbons (Fsp3) is 0.125. The van der Waals surface area contributed by atoms with Gasteiger partial charge in [0.05, 0.1) is 27.2 Å². The number of hydrogen-bond acceptors (Lipinski definition) is 5. The van der Waals surface area contributed by atoms with E-state index in [2.05, 4.69) is 21.0 Å². The number of aryl methyl sites for hydroxylation is 1. The molecular weight excluding hydrogens is 332 g/mol. The molecule has 2 N–H and O–H groups in total. The number of halogens is 1. The summed E-state index contributed by atoms with van der Waals surface area (Å²) in [5.74, 6) is -1.02. The van der Waals surface area contributed by atoms with Crippen LogP contribution in [-0.2, 0) is 6.42 Å². The molecule has 2 aromatic heterocycles. The van der Waals surface area contributed by atoms with E-state index in [0.29, 0.717) is 28.2 Å². The van der Waals surface area contributed by atoms with E-state index in [-0.39, 0.29) is 11.1 Å². The van der Waals surface area contributed by atoms with E-state index in [1.54, 1.807) is 30.3 Å². The third kappa shape index (κ3) is 3.07. The van der Waals surface area contributed by atoms with Gasteiger partial charge in [-0.15, -0.1) is 0 Å². The van der Waals surface area contributed by atoms with E-state index in [4.69, 9.17) is 16.1 Å². The molecular formula is C16H13ClN4O3. The van der Waals surface area contributed by atoms with E-state index < -0.39 is 11.8 Å². The number of amides is 2. The average Bonchev–Trinajstić information content (AvgIpc) is 3.02. The number of benzene rings is 1. The average molecular weight is 345 g/mol. The van der Waals surface area contributed by atoms with Crippen molar-refractivity contribution in [2.24, 2.45) is 0 Å². The van der Waals surface area contributed by atoms with E-state index in [0.717, 1.165) is 0 Å². The number of nitrogens with zero attached hydrogens (tertiary/aromatic N) is 2. The zero-order valence-electron chi connectivity index (χ0n) is 12.7. The fourth-order valence-corrected chi connectivity index (χ4v) is 2.38. The van der Waals surface area contributed by atoms with Crippen molar-refractivity contribution >= 4 is 34.5 Å². The summed E-state index contributed by atoms with van der Waals surface area (Å²) in [6.07, 6.45) is 2.01. The summed E-state index contributed by atoms with van der Waals surface area (Å²) < 4.78 is 5.07. The van der Waals surface area contributed by atoms with Crippen LogP contribution in [0.15, 0.2) is 41.1 Å². The number of carbonyl (C=O) groups is 2. The first kappa shape index (κ1) is 15.9. The Morgan fingerprint density at radius 1 is 1.21 bits per heavy atom. The number of aromatic nitrogens is 2. The van der Waals surface area contributed by atoms with Crippen LogP contribution in [0.25, 0.3) is 11.1 Å². The number of pyridine rings is 1. The van der Waals surface area contributed by atoms with Gasteiger partial charge in [0, 0.05) is 6.20 Å². The van der Waals surface area contributed by atoms with E-state index >= 15 is 0 Å². The molecule has 0 atom stereocenters. The first-order valence-corrected chi connectivity index (χ1v) is 7.57. The lowest BCUT2D eigenvalue weighted by atomic mass is 10.2. The molecule has 0 saturated carbocycles. The Labute approximate surface area is 142 Å². The minimum atomic E-state index is -0.512. The number of hydrogen-bond donors (Lipinski definition) is 2. The topological polar surface area (TPSA) is 97.1 Å². The van der Waals surface area contributed by atoms with Gasteiger partial charge in [-0.1, -0.05) is 35.8 Å². The van der Waals surface area contributed by atoms with Crippen LogP contribution in [0.2, 0.25) is 5.02 Å². The molecule has 0 unspecified atom stereocenters. The number of hydrazine groups is 1. The molecule has 2 amide bonds. The standard InChI is InChI=1S/C16H13ClN4O3/c1-2-13-11-7-9(8-18-16(11)24-21-13)14(22)19-20-15(23)10-5-3-4-6-12(10)17/h3-8H,2H2,1H3,(H,19,22)(H,20,23). The largest absolute Gasteiger partial charge is 0.336 e. The Kier molecular flexibility index (Phi) is 4.43. The summed E-state index contributed by atoms with van der Waals surface area (Å²) >= 11 is 5.94. The van der Waals surface area contributed by atoms with Crippen LogP contribution in [0.3, 0.4) is 0 Å². The predicted molar refractivity (Wildman–Crippen MR) is 87.6 cm³/mol. The SMILES string of the molecule is CCc1noc2ncc(C(=O)NNC(=O)c3ccccc3Cl)cc12. The highest BCUT2D eigenvalue weighted by atomic mass is 35.5. The molecule has 7 nitrogen and oxygen atoms in total. The molecule has 0 aliphatic heterocycles. The zero-order chi connectivity index (χ0) is 17.1. The Balaban J connectivity index is 1.73. The Bertz CT molecular complexity index is 923. The lowest BCUT2D eigenvalue weighted by Gasteiger charge is -2.08. The van der Waals surface area contributed by atoms with Crippen LogP contribution in [-0.4, -0.2) is 22.0 Å². The molecule has 0 fully saturated rings. The summed E-state index contributed by atoms with van der Waals surface area (Å²) in [4.78, 5) is 28.2. The maximum Gasteiger partial charge on any atom is 0.271 e. The minimum Gasteiger partial charge on any atom is -0.336 e. The number of rotatable bonds is 3. The molecule has 2 heterocycles. The third-order valence-corrected chi connectivity index (χ3v) is 3.74. The van der Waals surface area contributed by atoms with Crippen LogP contribution in [0.1, 0.15) is 33.3 Å². The molecule has 0 aliphatic rings. The third-order valence-electron chi connectivity index (χ3n) is 3.41. The first-order valence-electron chi connectivity index (χ1n) is 7.19. The van der Waals surface area contributed by atoms with Crippen molar-refractivity contribution in [3.63, 3.8) is 0 Å². The van der Waals surface area contributed by atoms with Crippen LogP contribution in [0.4, 0.5) is 0 Å². The number of fused-ring (bicyclic) bond motifs is 1. The van der Waals surface area contributed by atoms with Gasteiger partial charge in [-0.25, -0.2) is 4.98 Å². The molecule has 0 spiro atoms. The van der Waals surface area contributed by atoms with Crippen LogP contribution in [0, 0.1) is 0 Å². The monoisotopic (exact) mass is 344 g/mol. The maximum atomic E-state index is 12.2. The van der Waals surface area contributed by atoms with Crippen molar-refractivity contribution in [3.8, 4) is 0 Å². The predicted octanol–water partition coefficient (Wildman–Crippen LogP) is 2.51. The van der Waals surface area contributed by atoms with Gasteiger partial charge in [-0.3, -0.25) is 20.4 Å². The lowest BCUT2D eigenvalue weighted by molar-refractivity contribution is 0.0846. The van der Waals surface area contributed by atoms with E-state index in [9.17, 15) is 9.59 Å². The Morgan fingerprint density at radius 2 is 1.96 bits per heavy atom. The van der Waals surface area contributed by atoms with Crippen molar-refractivity contribution in [2.75, 3.05) is 0 Å². The summed E-state index contributed by atoms with van der Waals surface area (Å²) in [5.41, 5.74) is 6.27. The molecule has 0 saturated heterocycles. The smallest absolute Gasteiger partial charge is 0.271 e.